The maximum absolute atomic E-state index is 13.4. The van der Waals surface area contributed by atoms with Crippen molar-refractivity contribution < 1.29 is 22.7 Å². The van der Waals surface area contributed by atoms with Crippen molar-refractivity contribution in [3.8, 4) is 5.75 Å². The number of carbonyl (C=O) groups is 1. The van der Waals surface area contributed by atoms with Crippen molar-refractivity contribution in [3.63, 3.8) is 0 Å². The summed E-state index contributed by atoms with van der Waals surface area (Å²) in [6.07, 6.45) is 9.93. The van der Waals surface area contributed by atoms with Crippen molar-refractivity contribution in [1.82, 2.24) is 4.72 Å². The lowest BCUT2D eigenvalue weighted by atomic mass is 9.64. The highest BCUT2D eigenvalue weighted by molar-refractivity contribution is 7.90. The summed E-state index contributed by atoms with van der Waals surface area (Å²) >= 11 is 6.42. The summed E-state index contributed by atoms with van der Waals surface area (Å²) in [4.78, 5) is 15.8. The lowest BCUT2D eigenvalue weighted by Gasteiger charge is -2.49. The molecule has 2 bridgehead atoms. The van der Waals surface area contributed by atoms with Crippen molar-refractivity contribution in [2.24, 2.45) is 17.8 Å². The highest BCUT2D eigenvalue weighted by Crippen LogP contribution is 2.49. The summed E-state index contributed by atoms with van der Waals surface area (Å²) in [6, 6.07) is 11.5. The summed E-state index contributed by atoms with van der Waals surface area (Å²) in [5.74, 6) is 0.604. The highest BCUT2D eigenvalue weighted by atomic mass is 35.5. The molecule has 6 rings (SSSR count). The topological polar surface area (TPSA) is 84.9 Å². The normalized spacial score (nSPS) is 34.5. The smallest absolute Gasteiger partial charge is 0.264 e. The first-order valence-electron chi connectivity index (χ1n) is 15.5. The number of ether oxygens (including phenoxy) is 2. The van der Waals surface area contributed by atoms with Crippen LogP contribution in [0.15, 0.2) is 48.6 Å². The summed E-state index contributed by atoms with van der Waals surface area (Å²) < 4.78 is 41.6. The minimum Gasteiger partial charge on any atom is -0.490 e. The van der Waals surface area contributed by atoms with E-state index in [0.29, 0.717) is 36.2 Å². The van der Waals surface area contributed by atoms with Crippen LogP contribution >= 0.6 is 11.6 Å². The van der Waals surface area contributed by atoms with Gasteiger partial charge in [0.25, 0.3) is 5.91 Å². The van der Waals surface area contributed by atoms with E-state index in [-0.39, 0.29) is 11.3 Å². The van der Waals surface area contributed by atoms with E-state index in [1.54, 1.807) is 20.1 Å². The Bertz CT molecular complexity index is 1540. The average Bonchev–Trinajstić information content (AvgIpc) is 3.11. The van der Waals surface area contributed by atoms with Gasteiger partial charge in [-0.3, -0.25) is 4.79 Å². The van der Waals surface area contributed by atoms with E-state index in [1.165, 1.54) is 11.1 Å². The molecule has 4 aliphatic rings. The molecule has 0 unspecified atom stereocenters. The number of allylic oxidation sites excluding steroid dienone is 1. The highest BCUT2D eigenvalue weighted by Gasteiger charge is 2.47. The number of amides is 1. The first kappa shape index (κ1) is 30.5. The number of halogens is 1. The van der Waals surface area contributed by atoms with Crippen LogP contribution < -0.4 is 14.4 Å². The Hall–Kier alpha value is -2.55. The van der Waals surface area contributed by atoms with Crippen molar-refractivity contribution in [2.45, 2.75) is 75.6 Å². The van der Waals surface area contributed by atoms with Gasteiger partial charge in [0.15, 0.2) is 0 Å². The quantitative estimate of drug-likeness (QED) is 0.375. The van der Waals surface area contributed by atoms with E-state index < -0.39 is 26.8 Å². The van der Waals surface area contributed by atoms with Crippen LogP contribution in [0.2, 0.25) is 5.02 Å². The number of aryl methyl sites for hydroxylation is 1. The van der Waals surface area contributed by atoms with Gasteiger partial charge in [-0.25, -0.2) is 13.1 Å². The Morgan fingerprint density at radius 3 is 2.70 bits per heavy atom. The van der Waals surface area contributed by atoms with Crippen molar-refractivity contribution in [1.29, 1.82) is 0 Å². The number of carbonyl (C=O) groups excluding carboxylic acids is 1. The zero-order valence-electron chi connectivity index (χ0n) is 25.6. The van der Waals surface area contributed by atoms with Crippen LogP contribution in [0.3, 0.4) is 0 Å². The van der Waals surface area contributed by atoms with Gasteiger partial charge in [-0.1, -0.05) is 36.7 Å². The van der Waals surface area contributed by atoms with Crippen molar-refractivity contribution >= 4 is 33.2 Å². The van der Waals surface area contributed by atoms with Gasteiger partial charge in [0.1, 0.15) is 5.75 Å². The van der Waals surface area contributed by atoms with Gasteiger partial charge in [-0.2, -0.15) is 0 Å². The maximum atomic E-state index is 13.4. The first-order chi connectivity index (χ1) is 20.4. The van der Waals surface area contributed by atoms with Crippen LogP contribution in [-0.2, 0) is 26.6 Å². The number of nitrogens with zero attached hydrogens (tertiary/aromatic N) is 1. The molecule has 43 heavy (non-hydrogen) atoms. The van der Waals surface area contributed by atoms with Crippen LogP contribution in [0.4, 0.5) is 5.69 Å². The molecule has 9 heteroatoms. The molecule has 1 N–H and O–H groups in total. The number of hydrogen-bond acceptors (Lipinski definition) is 6. The van der Waals surface area contributed by atoms with E-state index in [0.717, 1.165) is 55.9 Å². The van der Waals surface area contributed by atoms with Gasteiger partial charge in [-0.15, -0.1) is 0 Å². The van der Waals surface area contributed by atoms with Crippen LogP contribution in [0.5, 0.6) is 5.75 Å². The fourth-order valence-electron chi connectivity index (χ4n) is 7.72. The molecule has 2 heterocycles. The minimum absolute atomic E-state index is 0.187. The Kier molecular flexibility index (Phi) is 8.10. The molecule has 0 saturated heterocycles. The molecule has 2 aromatic carbocycles. The van der Waals surface area contributed by atoms with Crippen molar-refractivity contribution in [2.75, 3.05) is 31.7 Å². The van der Waals surface area contributed by atoms with Crippen LogP contribution in [-0.4, -0.2) is 52.0 Å². The number of methoxy groups -OCH3 is 1. The number of anilines is 1. The van der Waals surface area contributed by atoms with E-state index in [4.69, 9.17) is 21.1 Å². The molecular weight excluding hydrogens is 584 g/mol. The second-order valence-corrected chi connectivity index (χ2v) is 15.9. The predicted molar refractivity (Wildman–Crippen MR) is 171 cm³/mol. The van der Waals surface area contributed by atoms with Crippen molar-refractivity contribution in [3.05, 3.63) is 70.3 Å². The first-order valence-corrected chi connectivity index (χ1v) is 17.5. The molecule has 1 spiro atoms. The van der Waals surface area contributed by atoms with Gasteiger partial charge in [0.05, 0.1) is 23.1 Å². The number of hydrogen-bond donors (Lipinski definition) is 1. The number of nitrogens with one attached hydrogen (secondary N) is 1. The third-order valence-electron chi connectivity index (χ3n) is 10.8. The number of rotatable bonds is 1. The summed E-state index contributed by atoms with van der Waals surface area (Å²) in [5, 5.41) is -0.00294. The molecule has 0 aromatic heterocycles. The molecule has 1 amide bonds. The fraction of sp³-hybridized carbons (Fsp3) is 0.559. The minimum atomic E-state index is -3.90. The number of fused-ring (bicyclic) bond motifs is 4. The standard InChI is InChI=1S/C34H43ClN2O5S/c1-22-7-5-15-33(3,41-4)28-12-9-26(28)19-37-20-34(16-6-8-24-17-27(35)11-13-29(24)34)21-42-31-14-10-25(18-30(31)37)32(38)36-43(39,40)23(22)2/h5,10-11,13-15,17-18,22-23,26,28H,6-9,12,16,19-21H2,1-4H3,(H,36,38)/b15-5-/t22-,23+,26-,28+,33-,34-/m0/s1. The predicted octanol–water partition coefficient (Wildman–Crippen LogP) is 6.29. The van der Waals surface area contributed by atoms with Crippen LogP contribution in [0.25, 0.3) is 0 Å². The summed E-state index contributed by atoms with van der Waals surface area (Å²) in [5.41, 5.74) is 2.99. The van der Waals surface area contributed by atoms with Crippen LogP contribution in [0, 0.1) is 17.8 Å². The van der Waals surface area contributed by atoms with E-state index in [2.05, 4.69) is 40.8 Å². The van der Waals surface area contributed by atoms with Gasteiger partial charge < -0.3 is 14.4 Å². The maximum Gasteiger partial charge on any atom is 0.264 e. The molecule has 6 atom stereocenters. The molecule has 2 aliphatic carbocycles. The third-order valence-corrected chi connectivity index (χ3v) is 13.0. The second kappa shape index (κ2) is 11.4. The van der Waals surface area contributed by atoms with E-state index in [1.807, 2.05) is 25.1 Å². The molecule has 2 aromatic rings. The largest absolute Gasteiger partial charge is 0.490 e. The Labute approximate surface area is 261 Å². The molecule has 0 radical (unpaired) electrons. The zero-order valence-corrected chi connectivity index (χ0v) is 27.1. The number of benzene rings is 2. The lowest BCUT2D eigenvalue weighted by Crippen LogP contribution is -2.52. The lowest BCUT2D eigenvalue weighted by molar-refractivity contribution is -0.0622. The third kappa shape index (κ3) is 5.59. The monoisotopic (exact) mass is 626 g/mol. The molecule has 2 aliphatic heterocycles. The summed E-state index contributed by atoms with van der Waals surface area (Å²) in [6.45, 7) is 7.76. The van der Waals surface area contributed by atoms with Gasteiger partial charge in [0.2, 0.25) is 10.0 Å². The summed E-state index contributed by atoms with van der Waals surface area (Å²) in [7, 11) is -2.13. The second-order valence-electron chi connectivity index (χ2n) is 13.4. The zero-order chi connectivity index (χ0) is 30.6. The Balaban J connectivity index is 1.45. The average molecular weight is 627 g/mol. The molecule has 232 valence electrons. The molecule has 1 saturated carbocycles. The van der Waals surface area contributed by atoms with Gasteiger partial charge >= 0.3 is 0 Å². The Morgan fingerprint density at radius 2 is 1.95 bits per heavy atom. The Morgan fingerprint density at radius 1 is 1.14 bits per heavy atom. The fourth-order valence-corrected chi connectivity index (χ4v) is 9.20. The van der Waals surface area contributed by atoms with Gasteiger partial charge in [-0.05, 0) is 112 Å². The van der Waals surface area contributed by atoms with E-state index >= 15 is 0 Å². The molecular formula is C34H43ClN2O5S. The number of sulfonamides is 1. The van der Waals surface area contributed by atoms with Crippen LogP contribution in [0.1, 0.15) is 74.4 Å². The van der Waals surface area contributed by atoms with E-state index in [9.17, 15) is 13.2 Å². The van der Waals surface area contributed by atoms with Gasteiger partial charge in [0, 0.05) is 36.2 Å². The molecule has 7 nitrogen and oxygen atoms in total. The SMILES string of the molecule is CO[C@@]1(C)/C=C\C[C@H](C)[C@@H](C)S(=O)(=O)NC(=O)c2ccc3c(c2)N(C[C@@H]2CC[C@H]21)C[C@@]1(CCCc2cc(Cl)ccc21)CO3. The molecule has 1 fully saturated rings.